The highest BCUT2D eigenvalue weighted by molar-refractivity contribution is 8.14. The van der Waals surface area contributed by atoms with Gasteiger partial charge in [-0.05, 0) is 11.5 Å². The van der Waals surface area contributed by atoms with Gasteiger partial charge in [0.15, 0.2) is 5.12 Å². The monoisotopic (exact) mass is 292 g/mol. The molecule has 1 aromatic rings. The van der Waals surface area contributed by atoms with Crippen molar-refractivity contribution in [2.75, 3.05) is 0 Å². The standard InChI is InChI=1S/C17H24O2S/c1-5-15(18)11-14(13-9-7-6-8-10-13)12-16(19)20-17(2,3)4/h6-10,14H,5,11-12H2,1-4H3/t14-/m0/s1. The fourth-order valence-corrected chi connectivity index (χ4v) is 3.00. The van der Waals surface area contributed by atoms with E-state index in [4.69, 9.17) is 0 Å². The Morgan fingerprint density at radius 1 is 1.10 bits per heavy atom. The SMILES string of the molecule is CCC(=O)C[C@@H](CC(=O)SC(C)(C)C)c1ccccc1. The van der Waals surface area contributed by atoms with Gasteiger partial charge in [0.25, 0.3) is 0 Å². The molecule has 0 unspecified atom stereocenters. The van der Waals surface area contributed by atoms with E-state index >= 15 is 0 Å². The Labute approximate surface area is 126 Å². The topological polar surface area (TPSA) is 34.1 Å². The van der Waals surface area contributed by atoms with Crippen LogP contribution in [0.3, 0.4) is 0 Å². The predicted octanol–water partition coefficient (Wildman–Crippen LogP) is 4.59. The first-order valence-corrected chi connectivity index (χ1v) is 7.92. The number of thioether (sulfide) groups is 1. The van der Waals surface area contributed by atoms with E-state index in [1.54, 1.807) is 0 Å². The number of carbonyl (C=O) groups excluding carboxylic acids is 2. The summed E-state index contributed by atoms with van der Waals surface area (Å²) in [7, 11) is 0. The van der Waals surface area contributed by atoms with Crippen molar-refractivity contribution in [2.24, 2.45) is 0 Å². The third-order valence-corrected chi connectivity index (χ3v) is 3.98. The lowest BCUT2D eigenvalue weighted by atomic mass is 9.90. The second-order valence-corrected chi connectivity index (χ2v) is 7.88. The summed E-state index contributed by atoms with van der Waals surface area (Å²) in [6.07, 6.45) is 1.42. The summed E-state index contributed by atoms with van der Waals surface area (Å²) in [5.74, 6) is 0.221. The average Bonchev–Trinajstić information content (AvgIpc) is 2.36. The Morgan fingerprint density at radius 2 is 1.70 bits per heavy atom. The first-order valence-electron chi connectivity index (χ1n) is 7.10. The molecule has 3 heteroatoms. The van der Waals surface area contributed by atoms with Crippen molar-refractivity contribution in [3.05, 3.63) is 35.9 Å². The number of hydrogen-bond donors (Lipinski definition) is 0. The van der Waals surface area contributed by atoms with Crippen molar-refractivity contribution in [1.29, 1.82) is 0 Å². The van der Waals surface area contributed by atoms with Crippen LogP contribution in [0.25, 0.3) is 0 Å². The van der Waals surface area contributed by atoms with Gasteiger partial charge in [0.05, 0.1) is 0 Å². The van der Waals surface area contributed by atoms with E-state index < -0.39 is 0 Å². The zero-order valence-corrected chi connectivity index (χ0v) is 13.6. The molecule has 0 aliphatic heterocycles. The molecule has 0 saturated heterocycles. The molecule has 0 fully saturated rings. The maximum absolute atomic E-state index is 12.2. The highest BCUT2D eigenvalue weighted by Crippen LogP contribution is 2.31. The van der Waals surface area contributed by atoms with Crippen molar-refractivity contribution < 1.29 is 9.59 Å². The Balaban J connectivity index is 2.78. The van der Waals surface area contributed by atoms with Crippen LogP contribution in [0.1, 0.15) is 58.4 Å². The van der Waals surface area contributed by atoms with Crippen LogP contribution in [0.5, 0.6) is 0 Å². The Kier molecular flexibility index (Phi) is 6.47. The van der Waals surface area contributed by atoms with E-state index in [0.29, 0.717) is 19.3 Å². The summed E-state index contributed by atoms with van der Waals surface area (Å²) in [5.41, 5.74) is 1.08. The van der Waals surface area contributed by atoms with Crippen LogP contribution >= 0.6 is 11.8 Å². The summed E-state index contributed by atoms with van der Waals surface area (Å²) in [5, 5.41) is 0.162. The number of benzene rings is 1. The molecule has 0 saturated carbocycles. The summed E-state index contributed by atoms with van der Waals surface area (Å²) < 4.78 is -0.0763. The van der Waals surface area contributed by atoms with Gasteiger partial charge in [-0.3, -0.25) is 9.59 Å². The number of hydrogen-bond acceptors (Lipinski definition) is 3. The van der Waals surface area contributed by atoms with Gasteiger partial charge in [-0.15, -0.1) is 0 Å². The van der Waals surface area contributed by atoms with Crippen LogP contribution in [-0.2, 0) is 9.59 Å². The van der Waals surface area contributed by atoms with Gasteiger partial charge in [-0.2, -0.15) is 0 Å². The Bertz CT molecular complexity index is 446. The molecule has 0 aromatic heterocycles. The summed E-state index contributed by atoms with van der Waals surface area (Å²) in [6.45, 7) is 7.97. The first-order chi connectivity index (χ1) is 9.31. The molecule has 110 valence electrons. The van der Waals surface area contributed by atoms with E-state index in [1.165, 1.54) is 11.8 Å². The molecule has 0 N–H and O–H groups in total. The molecule has 0 aliphatic carbocycles. The average molecular weight is 292 g/mol. The van der Waals surface area contributed by atoms with Crippen LogP contribution in [-0.4, -0.2) is 15.6 Å². The molecule has 0 amide bonds. The molecule has 0 heterocycles. The quantitative estimate of drug-likeness (QED) is 0.769. The molecular formula is C17H24O2S. The Morgan fingerprint density at radius 3 is 2.20 bits per heavy atom. The third-order valence-electron chi connectivity index (χ3n) is 2.97. The molecule has 0 bridgehead atoms. The minimum Gasteiger partial charge on any atom is -0.300 e. The normalized spacial score (nSPS) is 13.0. The van der Waals surface area contributed by atoms with Crippen LogP contribution in [0, 0.1) is 0 Å². The van der Waals surface area contributed by atoms with Gasteiger partial charge in [-0.25, -0.2) is 0 Å². The largest absolute Gasteiger partial charge is 0.300 e. The van der Waals surface area contributed by atoms with E-state index in [-0.39, 0.29) is 21.6 Å². The van der Waals surface area contributed by atoms with Gasteiger partial charge in [0, 0.05) is 24.0 Å². The van der Waals surface area contributed by atoms with Crippen LogP contribution in [0.15, 0.2) is 30.3 Å². The number of rotatable bonds is 6. The van der Waals surface area contributed by atoms with Gasteiger partial charge in [0.1, 0.15) is 5.78 Å². The van der Waals surface area contributed by atoms with Gasteiger partial charge in [0.2, 0.25) is 0 Å². The lowest BCUT2D eigenvalue weighted by Crippen LogP contribution is -2.15. The van der Waals surface area contributed by atoms with E-state index in [0.717, 1.165) is 5.56 Å². The Hall–Kier alpha value is -1.09. The highest BCUT2D eigenvalue weighted by atomic mass is 32.2. The smallest absolute Gasteiger partial charge is 0.190 e. The maximum Gasteiger partial charge on any atom is 0.190 e. The van der Waals surface area contributed by atoms with Crippen molar-refractivity contribution >= 4 is 22.7 Å². The lowest BCUT2D eigenvalue weighted by Gasteiger charge is -2.20. The molecule has 2 nitrogen and oxygen atoms in total. The molecular weight excluding hydrogens is 268 g/mol. The fraction of sp³-hybridized carbons (Fsp3) is 0.529. The van der Waals surface area contributed by atoms with Gasteiger partial charge >= 0.3 is 0 Å². The number of ketones is 1. The maximum atomic E-state index is 12.2. The van der Waals surface area contributed by atoms with Crippen LogP contribution in [0.4, 0.5) is 0 Å². The van der Waals surface area contributed by atoms with Crippen LogP contribution < -0.4 is 0 Å². The number of Topliss-reactive ketones (excluding diaryl/α,β-unsaturated/α-hetero) is 1. The second-order valence-electron chi connectivity index (χ2n) is 5.99. The van der Waals surface area contributed by atoms with Gasteiger partial charge in [-0.1, -0.05) is 69.8 Å². The molecule has 0 radical (unpaired) electrons. The molecule has 1 rings (SSSR count). The first kappa shape index (κ1) is 17.0. The molecule has 1 atom stereocenters. The van der Waals surface area contributed by atoms with Crippen molar-refractivity contribution in [2.45, 2.75) is 57.6 Å². The minimum absolute atomic E-state index is 0.00556. The third kappa shape index (κ3) is 6.38. The van der Waals surface area contributed by atoms with Crippen molar-refractivity contribution in [3.63, 3.8) is 0 Å². The van der Waals surface area contributed by atoms with Crippen molar-refractivity contribution in [3.8, 4) is 0 Å². The summed E-state index contributed by atoms with van der Waals surface area (Å²) in [6, 6.07) is 9.87. The minimum atomic E-state index is -0.0763. The fourth-order valence-electron chi connectivity index (χ4n) is 2.04. The second kappa shape index (κ2) is 7.63. The zero-order chi connectivity index (χ0) is 15.2. The summed E-state index contributed by atoms with van der Waals surface area (Å²) in [4.78, 5) is 23.9. The van der Waals surface area contributed by atoms with Gasteiger partial charge < -0.3 is 0 Å². The molecule has 1 aromatic carbocycles. The van der Waals surface area contributed by atoms with E-state index in [1.807, 2.05) is 58.0 Å². The number of carbonyl (C=O) groups is 2. The van der Waals surface area contributed by atoms with E-state index in [9.17, 15) is 9.59 Å². The molecule has 20 heavy (non-hydrogen) atoms. The zero-order valence-electron chi connectivity index (χ0n) is 12.8. The molecule has 0 spiro atoms. The van der Waals surface area contributed by atoms with Crippen molar-refractivity contribution in [1.82, 2.24) is 0 Å². The lowest BCUT2D eigenvalue weighted by molar-refractivity contribution is -0.119. The van der Waals surface area contributed by atoms with E-state index in [2.05, 4.69) is 0 Å². The highest BCUT2D eigenvalue weighted by Gasteiger charge is 2.22. The molecule has 0 aliphatic rings. The van der Waals surface area contributed by atoms with Crippen LogP contribution in [0.2, 0.25) is 0 Å². The summed E-state index contributed by atoms with van der Waals surface area (Å²) >= 11 is 1.36. The predicted molar refractivity (Wildman–Crippen MR) is 86.1 cm³/mol.